The highest BCUT2D eigenvalue weighted by atomic mass is 19.4. The number of amides is 1. The lowest BCUT2D eigenvalue weighted by Gasteiger charge is -2.15. The van der Waals surface area contributed by atoms with Crippen LogP contribution in [0, 0.1) is 18.3 Å². The number of alkyl halides is 3. The molecule has 42 heavy (non-hydrogen) atoms. The quantitative estimate of drug-likeness (QED) is 0.305. The number of nitrogens with zero attached hydrogens (tertiary/aromatic N) is 6. The van der Waals surface area contributed by atoms with Crippen LogP contribution in [0.3, 0.4) is 0 Å². The van der Waals surface area contributed by atoms with E-state index in [-0.39, 0.29) is 17.1 Å². The number of halogens is 3. The number of nitrogens with one attached hydrogen (secondary N) is 1. The Balaban J connectivity index is 1.69. The Bertz CT molecular complexity index is 1880. The normalized spacial score (nSPS) is 12.1. The van der Waals surface area contributed by atoms with Crippen LogP contribution in [-0.4, -0.2) is 24.9 Å². The van der Waals surface area contributed by atoms with E-state index in [0.717, 1.165) is 26.8 Å². The molecule has 0 radical (unpaired) electrons. The second-order valence-corrected chi connectivity index (χ2v) is 9.69. The summed E-state index contributed by atoms with van der Waals surface area (Å²) < 4.78 is 46.0. The molecule has 212 valence electrons. The van der Waals surface area contributed by atoms with Crippen LogP contribution in [0.15, 0.2) is 90.1 Å². The molecule has 0 saturated heterocycles. The Hall–Kier alpha value is -5.44. The number of carbonyl (C=O) groups is 1. The van der Waals surface area contributed by atoms with Gasteiger partial charge in [-0.05, 0) is 67.9 Å². The summed E-state index contributed by atoms with van der Waals surface area (Å²) in [4.78, 5) is 27.7. The monoisotopic (exact) mass is 572 g/mol. The van der Waals surface area contributed by atoms with Gasteiger partial charge in [-0.2, -0.15) is 23.5 Å². The molecule has 0 aliphatic rings. The lowest BCUT2D eigenvalue weighted by atomic mass is 10.1. The Kier molecular flexibility index (Phi) is 7.26. The fourth-order valence-electron chi connectivity index (χ4n) is 4.72. The standard InChI is InChI=1S/C30H24F3N7O2/c1-19(22-12-15-37(3)16-13-22)36-28(41)39-27(26-11-14-35-40(26)24-9-7-21(18-34)8-10-24)20(2)38(29(39)42)25-6-4-5-23(17-25)30(31,32)33/h4-17,19H,1-3H3/p+1. The van der Waals surface area contributed by atoms with E-state index in [0.29, 0.717) is 16.9 Å². The van der Waals surface area contributed by atoms with E-state index in [1.54, 1.807) is 44.2 Å². The Labute approximate surface area is 238 Å². The molecule has 0 saturated carbocycles. The Morgan fingerprint density at radius 2 is 1.74 bits per heavy atom. The molecule has 2 aromatic carbocycles. The molecule has 5 aromatic rings. The number of carbonyl (C=O) groups excluding carboxylic acids is 1. The number of hydrogen-bond donors (Lipinski definition) is 1. The van der Waals surface area contributed by atoms with Crippen molar-refractivity contribution in [3.8, 4) is 28.8 Å². The van der Waals surface area contributed by atoms with Gasteiger partial charge in [0.05, 0.1) is 52.2 Å². The third-order valence-corrected chi connectivity index (χ3v) is 6.89. The minimum atomic E-state index is -4.63. The van der Waals surface area contributed by atoms with E-state index >= 15 is 0 Å². The summed E-state index contributed by atoms with van der Waals surface area (Å²) in [6, 6.07) is 16.9. The summed E-state index contributed by atoms with van der Waals surface area (Å²) in [6.45, 7) is 3.31. The zero-order chi connectivity index (χ0) is 30.2. The van der Waals surface area contributed by atoms with E-state index in [1.807, 2.05) is 42.2 Å². The highest BCUT2D eigenvalue weighted by Crippen LogP contribution is 2.32. The largest absolute Gasteiger partial charge is 0.416 e. The van der Waals surface area contributed by atoms with E-state index in [1.165, 1.54) is 23.0 Å². The summed E-state index contributed by atoms with van der Waals surface area (Å²) in [5.41, 5.74) is 0.643. The second kappa shape index (κ2) is 10.9. The van der Waals surface area contributed by atoms with Gasteiger partial charge in [0, 0.05) is 12.1 Å². The molecule has 3 heterocycles. The molecule has 12 heteroatoms. The molecular weight excluding hydrogens is 547 g/mol. The van der Waals surface area contributed by atoms with E-state index in [2.05, 4.69) is 10.4 Å². The van der Waals surface area contributed by atoms with Crippen molar-refractivity contribution in [2.75, 3.05) is 0 Å². The Morgan fingerprint density at radius 3 is 2.38 bits per heavy atom. The van der Waals surface area contributed by atoms with Crippen molar-refractivity contribution < 1.29 is 22.5 Å². The van der Waals surface area contributed by atoms with Crippen molar-refractivity contribution in [3.63, 3.8) is 0 Å². The molecule has 1 amide bonds. The lowest BCUT2D eigenvalue weighted by molar-refractivity contribution is -0.671. The van der Waals surface area contributed by atoms with E-state index < -0.39 is 29.5 Å². The van der Waals surface area contributed by atoms with Crippen LogP contribution in [-0.2, 0) is 13.2 Å². The summed E-state index contributed by atoms with van der Waals surface area (Å²) in [5, 5.41) is 16.4. The first-order valence-electron chi connectivity index (χ1n) is 12.8. The van der Waals surface area contributed by atoms with Crippen LogP contribution in [0.1, 0.15) is 35.3 Å². The van der Waals surface area contributed by atoms with Crippen molar-refractivity contribution in [1.82, 2.24) is 24.2 Å². The number of rotatable bonds is 5. The number of aromatic nitrogens is 5. The maximum Gasteiger partial charge on any atom is 0.416 e. The highest BCUT2D eigenvalue weighted by molar-refractivity contribution is 5.83. The maximum atomic E-state index is 13.9. The zero-order valence-corrected chi connectivity index (χ0v) is 22.8. The molecule has 1 N–H and O–H groups in total. The molecule has 1 unspecified atom stereocenters. The number of hydrogen-bond acceptors (Lipinski definition) is 4. The first-order valence-corrected chi connectivity index (χ1v) is 12.8. The minimum absolute atomic E-state index is 0.0480. The topological polar surface area (TPSA) is 102 Å². The van der Waals surface area contributed by atoms with Gasteiger partial charge in [-0.3, -0.25) is 4.57 Å². The molecule has 0 spiro atoms. The zero-order valence-electron chi connectivity index (χ0n) is 22.8. The third kappa shape index (κ3) is 5.19. The molecule has 3 aromatic heterocycles. The van der Waals surface area contributed by atoms with Gasteiger partial charge in [-0.1, -0.05) is 6.07 Å². The average molecular weight is 573 g/mol. The van der Waals surface area contributed by atoms with Crippen LogP contribution < -0.4 is 15.6 Å². The van der Waals surface area contributed by atoms with E-state index in [4.69, 9.17) is 0 Å². The summed E-state index contributed by atoms with van der Waals surface area (Å²) in [7, 11) is 1.86. The minimum Gasteiger partial charge on any atom is -0.331 e. The van der Waals surface area contributed by atoms with Crippen molar-refractivity contribution in [2.45, 2.75) is 26.1 Å². The fourth-order valence-corrected chi connectivity index (χ4v) is 4.72. The van der Waals surface area contributed by atoms with Crippen molar-refractivity contribution in [1.29, 1.82) is 5.26 Å². The van der Waals surface area contributed by atoms with Gasteiger partial charge in [0.2, 0.25) is 0 Å². The third-order valence-electron chi connectivity index (χ3n) is 6.89. The van der Waals surface area contributed by atoms with Crippen molar-refractivity contribution >= 4 is 6.03 Å². The van der Waals surface area contributed by atoms with Gasteiger partial charge < -0.3 is 5.32 Å². The first kappa shape index (κ1) is 28.1. The first-order chi connectivity index (χ1) is 20.0. The number of nitriles is 1. The van der Waals surface area contributed by atoms with Gasteiger partial charge >= 0.3 is 17.9 Å². The van der Waals surface area contributed by atoms with Crippen LogP contribution in [0.4, 0.5) is 18.0 Å². The lowest BCUT2D eigenvalue weighted by Crippen LogP contribution is -2.38. The predicted octanol–water partition coefficient (Wildman–Crippen LogP) is 4.83. The highest BCUT2D eigenvalue weighted by Gasteiger charge is 2.32. The number of pyridine rings is 1. The predicted molar refractivity (Wildman–Crippen MR) is 147 cm³/mol. The van der Waals surface area contributed by atoms with Crippen molar-refractivity contribution in [2.24, 2.45) is 7.05 Å². The van der Waals surface area contributed by atoms with Crippen LogP contribution in [0.25, 0.3) is 22.8 Å². The van der Waals surface area contributed by atoms with Crippen LogP contribution in [0.5, 0.6) is 0 Å². The van der Waals surface area contributed by atoms with Gasteiger partial charge in [-0.25, -0.2) is 23.4 Å². The number of aryl methyl sites for hydroxylation is 1. The van der Waals surface area contributed by atoms with E-state index in [9.17, 15) is 28.0 Å². The number of imidazole rings is 1. The molecule has 0 bridgehead atoms. The molecule has 9 nitrogen and oxygen atoms in total. The summed E-state index contributed by atoms with van der Waals surface area (Å²) >= 11 is 0. The van der Waals surface area contributed by atoms with Gasteiger partial charge in [0.25, 0.3) is 0 Å². The molecule has 5 rings (SSSR count). The molecular formula is C30H25F3N7O2+. The maximum absolute atomic E-state index is 13.9. The average Bonchev–Trinajstić information content (AvgIpc) is 3.54. The van der Waals surface area contributed by atoms with Gasteiger partial charge in [0.15, 0.2) is 12.4 Å². The molecule has 0 fully saturated rings. The molecule has 0 aliphatic carbocycles. The summed E-state index contributed by atoms with van der Waals surface area (Å²) in [5.74, 6) is 0. The number of benzene rings is 2. The summed E-state index contributed by atoms with van der Waals surface area (Å²) in [6.07, 6.45) is 0.486. The van der Waals surface area contributed by atoms with Crippen LogP contribution >= 0.6 is 0 Å². The SMILES string of the molecule is Cc1c(-c2ccnn2-c2ccc(C#N)cc2)n(C(=O)NC(C)c2cc[n+](C)cc2)c(=O)n1-c1cccc(C(F)(F)F)c1. The Morgan fingerprint density at radius 1 is 1.05 bits per heavy atom. The van der Waals surface area contributed by atoms with Crippen molar-refractivity contribution in [3.05, 3.63) is 118 Å². The van der Waals surface area contributed by atoms with Crippen LogP contribution in [0.2, 0.25) is 0 Å². The van der Waals surface area contributed by atoms with Gasteiger partial charge in [0.1, 0.15) is 12.7 Å². The smallest absolute Gasteiger partial charge is 0.331 e. The second-order valence-electron chi connectivity index (χ2n) is 9.69. The molecule has 1 atom stereocenters. The van der Waals surface area contributed by atoms with Gasteiger partial charge in [-0.15, -0.1) is 0 Å². The fraction of sp³-hybridized carbons (Fsp3) is 0.167. The molecule has 0 aliphatic heterocycles.